The van der Waals surface area contributed by atoms with Gasteiger partial charge in [0.05, 0.1) is 36.6 Å². The van der Waals surface area contributed by atoms with Gasteiger partial charge >= 0.3 is 13.1 Å². The van der Waals surface area contributed by atoms with E-state index in [4.69, 9.17) is 18.8 Å². The highest BCUT2D eigenvalue weighted by molar-refractivity contribution is 7.10. The van der Waals surface area contributed by atoms with Crippen molar-refractivity contribution >= 4 is 30.3 Å². The van der Waals surface area contributed by atoms with Crippen LogP contribution in [0.1, 0.15) is 78.5 Å². The summed E-state index contributed by atoms with van der Waals surface area (Å²) in [5.41, 5.74) is -0.647. The Labute approximate surface area is 220 Å². The van der Waals surface area contributed by atoms with Crippen LogP contribution in [0.2, 0.25) is 0 Å². The van der Waals surface area contributed by atoms with Crippen LogP contribution in [0.5, 0.6) is 0 Å². The summed E-state index contributed by atoms with van der Waals surface area (Å²) < 4.78 is 24.3. The molecule has 1 amide bonds. The van der Waals surface area contributed by atoms with Gasteiger partial charge in [-0.3, -0.25) is 9.59 Å². The quantitative estimate of drug-likeness (QED) is 0.360. The Morgan fingerprint density at radius 1 is 1.25 bits per heavy atom. The summed E-state index contributed by atoms with van der Waals surface area (Å²) in [5.74, 6) is 0.417. The van der Waals surface area contributed by atoms with Crippen LogP contribution in [0.25, 0.3) is 0 Å². The van der Waals surface area contributed by atoms with E-state index in [1.807, 2.05) is 38.3 Å². The highest BCUT2D eigenvalue weighted by atomic mass is 32.1. The van der Waals surface area contributed by atoms with Crippen molar-refractivity contribution in [3.05, 3.63) is 22.4 Å². The van der Waals surface area contributed by atoms with Gasteiger partial charge in [0.1, 0.15) is 5.60 Å². The van der Waals surface area contributed by atoms with Crippen LogP contribution in [0.4, 0.5) is 0 Å². The number of carbonyl (C=O) groups excluding carboxylic acids is 2. The lowest BCUT2D eigenvalue weighted by Gasteiger charge is -2.64. The molecule has 2 heterocycles. The second-order valence-corrected chi connectivity index (χ2v) is 13.5. The second-order valence-electron chi connectivity index (χ2n) is 12.5. The Kier molecular flexibility index (Phi) is 7.97. The van der Waals surface area contributed by atoms with Gasteiger partial charge < -0.3 is 24.1 Å². The molecular formula is C27H42BNO6S. The number of methoxy groups -OCH3 is 1. The maximum atomic E-state index is 13.0. The monoisotopic (exact) mass is 519 g/mol. The fourth-order valence-electron chi connectivity index (χ4n) is 6.41. The summed E-state index contributed by atoms with van der Waals surface area (Å²) in [6.45, 7) is 12.4. The average molecular weight is 520 g/mol. The molecule has 36 heavy (non-hydrogen) atoms. The van der Waals surface area contributed by atoms with Gasteiger partial charge in [-0.15, -0.1) is 11.3 Å². The number of nitrogens with one attached hydrogen (secondary N) is 1. The van der Waals surface area contributed by atoms with Crippen molar-refractivity contribution in [2.24, 2.45) is 17.3 Å². The predicted octanol–water partition coefficient (Wildman–Crippen LogP) is 4.57. The maximum absolute atomic E-state index is 13.0. The average Bonchev–Trinajstić information content (AvgIpc) is 3.40. The first-order valence-electron chi connectivity index (χ1n) is 13.2. The SMILES string of the molecule is COC(CC[C@H](NC(=O)Cc1cccs1)B1OC2C[C@@H]3C[C@@H](C3(C)C)[C@]2(C)O1)CC(=O)OC(C)(C)C. The zero-order chi connectivity index (χ0) is 26.3. The van der Waals surface area contributed by atoms with E-state index in [-0.39, 0.29) is 47.5 Å². The van der Waals surface area contributed by atoms with Crippen LogP contribution in [-0.4, -0.2) is 55.5 Å². The molecule has 2 unspecified atom stereocenters. The number of thiophene rings is 1. The molecule has 3 aliphatic carbocycles. The number of esters is 1. The van der Waals surface area contributed by atoms with E-state index in [0.717, 1.165) is 11.3 Å². The Morgan fingerprint density at radius 3 is 2.61 bits per heavy atom. The molecule has 0 radical (unpaired) electrons. The largest absolute Gasteiger partial charge is 0.481 e. The predicted molar refractivity (Wildman–Crippen MR) is 141 cm³/mol. The molecule has 1 N–H and O–H groups in total. The molecule has 4 fully saturated rings. The minimum atomic E-state index is -0.542. The summed E-state index contributed by atoms with van der Waals surface area (Å²) in [4.78, 5) is 26.4. The first-order valence-corrected chi connectivity index (χ1v) is 14.1. The van der Waals surface area contributed by atoms with Crippen molar-refractivity contribution in [1.82, 2.24) is 5.32 Å². The summed E-state index contributed by atoms with van der Waals surface area (Å²) >= 11 is 1.57. The third kappa shape index (κ3) is 5.84. The number of hydrogen-bond donors (Lipinski definition) is 1. The zero-order valence-corrected chi connectivity index (χ0v) is 23.6. The normalized spacial score (nSPS) is 30.2. The fourth-order valence-corrected chi connectivity index (χ4v) is 7.12. The first kappa shape index (κ1) is 27.6. The topological polar surface area (TPSA) is 83.1 Å². The molecule has 6 atom stereocenters. The second kappa shape index (κ2) is 10.4. The molecule has 0 aromatic carbocycles. The lowest BCUT2D eigenvalue weighted by atomic mass is 9.43. The van der Waals surface area contributed by atoms with Crippen molar-refractivity contribution in [2.75, 3.05) is 7.11 Å². The molecule has 2 bridgehead atoms. The summed E-state index contributed by atoms with van der Waals surface area (Å²) in [7, 11) is 1.08. The van der Waals surface area contributed by atoms with E-state index < -0.39 is 12.7 Å². The van der Waals surface area contributed by atoms with E-state index >= 15 is 0 Å². The first-order chi connectivity index (χ1) is 16.8. The van der Waals surface area contributed by atoms with Crippen LogP contribution in [0.15, 0.2) is 17.5 Å². The third-order valence-electron chi connectivity index (χ3n) is 8.51. The molecule has 1 aliphatic heterocycles. The highest BCUT2D eigenvalue weighted by Gasteiger charge is 2.68. The van der Waals surface area contributed by atoms with Crippen LogP contribution >= 0.6 is 11.3 Å². The van der Waals surface area contributed by atoms with E-state index in [9.17, 15) is 9.59 Å². The molecule has 1 aromatic heterocycles. The third-order valence-corrected chi connectivity index (χ3v) is 9.38. The molecule has 0 spiro atoms. The number of ether oxygens (including phenoxy) is 2. The Balaban J connectivity index is 1.43. The molecular weight excluding hydrogens is 477 g/mol. The van der Waals surface area contributed by atoms with Crippen molar-refractivity contribution < 1.29 is 28.4 Å². The van der Waals surface area contributed by atoms with E-state index in [2.05, 4.69) is 26.1 Å². The zero-order valence-electron chi connectivity index (χ0n) is 22.8. The van der Waals surface area contributed by atoms with Crippen LogP contribution in [0.3, 0.4) is 0 Å². The Hall–Kier alpha value is -1.42. The van der Waals surface area contributed by atoms with E-state index in [0.29, 0.717) is 31.1 Å². The molecule has 1 aromatic rings. The van der Waals surface area contributed by atoms with Crippen molar-refractivity contribution in [2.45, 2.75) is 109 Å². The van der Waals surface area contributed by atoms with Gasteiger partial charge in [-0.1, -0.05) is 19.9 Å². The van der Waals surface area contributed by atoms with Gasteiger partial charge in [-0.2, -0.15) is 0 Å². The van der Waals surface area contributed by atoms with Gasteiger partial charge in [0, 0.05) is 12.0 Å². The number of hydrogen-bond acceptors (Lipinski definition) is 7. The number of rotatable bonds is 10. The summed E-state index contributed by atoms with van der Waals surface area (Å²) in [5, 5.41) is 5.17. The molecule has 3 saturated carbocycles. The van der Waals surface area contributed by atoms with Gasteiger partial charge in [0.2, 0.25) is 5.91 Å². The van der Waals surface area contributed by atoms with E-state index in [1.54, 1.807) is 18.4 Å². The maximum Gasteiger partial charge on any atom is 0.481 e. The minimum Gasteiger partial charge on any atom is -0.460 e. The van der Waals surface area contributed by atoms with Crippen molar-refractivity contribution in [3.8, 4) is 0 Å². The molecule has 5 rings (SSSR count). The van der Waals surface area contributed by atoms with Crippen LogP contribution in [0, 0.1) is 17.3 Å². The smallest absolute Gasteiger partial charge is 0.460 e. The lowest BCUT2D eigenvalue weighted by molar-refractivity contribution is -0.199. The van der Waals surface area contributed by atoms with Gasteiger partial charge in [0.25, 0.3) is 0 Å². The summed E-state index contributed by atoms with van der Waals surface area (Å²) in [6, 6.07) is 3.92. The Bertz CT molecular complexity index is 931. The van der Waals surface area contributed by atoms with Crippen molar-refractivity contribution in [1.29, 1.82) is 0 Å². The van der Waals surface area contributed by atoms with Gasteiger partial charge in [-0.25, -0.2) is 0 Å². The minimum absolute atomic E-state index is 0.0379. The molecule has 200 valence electrons. The van der Waals surface area contributed by atoms with E-state index in [1.165, 1.54) is 6.42 Å². The van der Waals surface area contributed by atoms with Crippen LogP contribution < -0.4 is 5.32 Å². The van der Waals surface area contributed by atoms with Gasteiger partial charge in [0.15, 0.2) is 0 Å². The number of amides is 1. The number of carbonyl (C=O) groups is 2. The molecule has 7 nitrogen and oxygen atoms in total. The molecule has 9 heteroatoms. The Morgan fingerprint density at radius 2 is 2.00 bits per heavy atom. The van der Waals surface area contributed by atoms with Crippen LogP contribution in [-0.2, 0) is 34.8 Å². The van der Waals surface area contributed by atoms with Gasteiger partial charge in [-0.05, 0) is 82.1 Å². The standard InChI is InChI=1S/C27H42BNO6S/c1-25(2,3)33-24(31)15-18(32-7)10-11-22(29-23(30)16-19-9-8-12-36-19)28-34-21-14-17-13-20(26(17,4)5)27(21,6)35-28/h8-9,12,17-18,20-22H,10-11,13-16H2,1-7H3,(H,29,30)/t17-,18?,20-,21?,22-,27-/m0/s1. The summed E-state index contributed by atoms with van der Waals surface area (Å²) in [6.07, 6.45) is 3.51. The lowest BCUT2D eigenvalue weighted by Crippen LogP contribution is -2.65. The fraction of sp³-hybridized carbons (Fsp3) is 0.778. The highest BCUT2D eigenvalue weighted by Crippen LogP contribution is 2.65. The van der Waals surface area contributed by atoms with Crippen molar-refractivity contribution in [3.63, 3.8) is 0 Å². The molecule has 1 saturated heterocycles. The molecule has 4 aliphatic rings.